The maximum Gasteiger partial charge on any atom is 0.264 e. The minimum atomic E-state index is -4.06. The first-order valence-electron chi connectivity index (χ1n) is 8.41. The molecule has 1 fully saturated rings. The van der Waals surface area contributed by atoms with Gasteiger partial charge in [0.15, 0.2) is 0 Å². The van der Waals surface area contributed by atoms with Crippen LogP contribution in [0.25, 0.3) is 0 Å². The Morgan fingerprint density at radius 1 is 1.18 bits per heavy atom. The normalized spacial score (nSPS) is 20.2. The molecule has 2 atom stereocenters. The van der Waals surface area contributed by atoms with Crippen molar-refractivity contribution in [2.45, 2.75) is 30.1 Å². The molecule has 0 spiro atoms. The van der Waals surface area contributed by atoms with E-state index in [-0.39, 0.29) is 28.1 Å². The molecule has 1 heterocycles. The van der Waals surface area contributed by atoms with E-state index in [1.54, 1.807) is 0 Å². The van der Waals surface area contributed by atoms with Crippen molar-refractivity contribution >= 4 is 39.1 Å². The molecular weight excluding hydrogens is 427 g/mol. The zero-order valence-electron chi connectivity index (χ0n) is 14.6. The first kappa shape index (κ1) is 21.0. The van der Waals surface area contributed by atoms with Crippen molar-refractivity contribution in [2.75, 3.05) is 6.54 Å². The van der Waals surface area contributed by atoms with Crippen LogP contribution < -0.4 is 5.48 Å². The summed E-state index contributed by atoms with van der Waals surface area (Å²) in [6, 6.07) is 12.0. The average Bonchev–Trinajstić information content (AvgIpc) is 3.13. The third kappa shape index (κ3) is 4.32. The second-order valence-electron chi connectivity index (χ2n) is 6.24. The Hall–Kier alpha value is -1.68. The molecule has 0 radical (unpaired) electrons. The monoisotopic (exact) mass is 444 g/mol. The number of carbonyl (C=O) groups is 1. The summed E-state index contributed by atoms with van der Waals surface area (Å²) in [6.45, 7) is 0.265. The average molecular weight is 445 g/mol. The summed E-state index contributed by atoms with van der Waals surface area (Å²) in [5.74, 6) is -0.862. The molecule has 7 nitrogen and oxygen atoms in total. The summed E-state index contributed by atoms with van der Waals surface area (Å²) in [7, 11) is -4.06. The zero-order valence-corrected chi connectivity index (χ0v) is 16.9. The zero-order chi connectivity index (χ0) is 20.3. The highest BCUT2D eigenvalue weighted by molar-refractivity contribution is 7.89. The molecule has 1 saturated heterocycles. The number of hydrogen-bond donors (Lipinski definition) is 2. The molecule has 0 saturated carbocycles. The van der Waals surface area contributed by atoms with E-state index < -0.39 is 28.1 Å². The first-order valence-corrected chi connectivity index (χ1v) is 10.6. The second-order valence-corrected chi connectivity index (χ2v) is 8.94. The maximum atomic E-state index is 13.1. The predicted molar refractivity (Wildman–Crippen MR) is 104 cm³/mol. The van der Waals surface area contributed by atoms with E-state index in [2.05, 4.69) is 0 Å². The van der Waals surface area contributed by atoms with E-state index in [1.165, 1.54) is 23.7 Å². The smallest absolute Gasteiger partial charge is 0.264 e. The van der Waals surface area contributed by atoms with Crippen molar-refractivity contribution in [3.63, 3.8) is 0 Å². The molecule has 3 rings (SSSR count). The van der Waals surface area contributed by atoms with E-state index in [0.29, 0.717) is 6.42 Å². The molecule has 0 aromatic heterocycles. The molecule has 2 aromatic carbocycles. The molecule has 1 aliphatic heterocycles. The van der Waals surface area contributed by atoms with Crippen LogP contribution in [0, 0.1) is 0 Å². The number of amides is 1. The van der Waals surface area contributed by atoms with Gasteiger partial charge in [0.05, 0.1) is 27.7 Å². The third-order valence-corrected chi connectivity index (χ3v) is 7.10. The van der Waals surface area contributed by atoms with E-state index in [9.17, 15) is 13.2 Å². The lowest BCUT2D eigenvalue weighted by molar-refractivity contribution is -0.136. The van der Waals surface area contributed by atoms with Crippen LogP contribution in [0.1, 0.15) is 12.0 Å². The fourth-order valence-electron chi connectivity index (χ4n) is 3.10. The van der Waals surface area contributed by atoms with Gasteiger partial charge in [0, 0.05) is 6.54 Å². The largest absolute Gasteiger partial charge is 0.371 e. The highest BCUT2D eigenvalue weighted by Gasteiger charge is 2.46. The number of ether oxygens (including phenoxy) is 1. The Balaban J connectivity index is 1.85. The summed E-state index contributed by atoms with van der Waals surface area (Å²) >= 11 is 11.8. The predicted octanol–water partition coefficient (Wildman–Crippen LogP) is 2.85. The molecule has 2 N–H and O–H groups in total. The van der Waals surface area contributed by atoms with Gasteiger partial charge in [0.2, 0.25) is 10.0 Å². The standard InChI is InChI=1S/C18H18Cl2N2O5S/c19-14-7-6-13(10-15(14)20)28(25,26)22-9-8-16(17(22)18(23)21-24)27-11-12-4-2-1-3-5-12/h1-7,10,16-17,24H,8-9,11H2,(H,21,23)/t16-,17+/m0/s1. The number of hydrogen-bond acceptors (Lipinski definition) is 5. The molecule has 0 bridgehead atoms. The van der Waals surface area contributed by atoms with Gasteiger partial charge in [-0.15, -0.1) is 0 Å². The molecular formula is C18H18Cl2N2O5S. The third-order valence-electron chi connectivity index (χ3n) is 4.48. The van der Waals surface area contributed by atoms with Crippen molar-refractivity contribution < 1.29 is 23.2 Å². The van der Waals surface area contributed by atoms with Crippen molar-refractivity contribution in [3.8, 4) is 0 Å². The number of rotatable bonds is 6. The lowest BCUT2D eigenvalue weighted by Crippen LogP contribution is -2.49. The van der Waals surface area contributed by atoms with Gasteiger partial charge in [-0.2, -0.15) is 4.31 Å². The summed E-state index contributed by atoms with van der Waals surface area (Å²) < 4.78 is 32.9. The number of halogens is 2. The number of carbonyl (C=O) groups excluding carboxylic acids is 1. The number of nitrogens with one attached hydrogen (secondary N) is 1. The molecule has 0 aliphatic carbocycles. The van der Waals surface area contributed by atoms with Crippen LogP contribution in [0.15, 0.2) is 53.4 Å². The Labute approximate surface area is 172 Å². The first-order chi connectivity index (χ1) is 13.3. The van der Waals surface area contributed by atoms with Gasteiger partial charge in [-0.1, -0.05) is 53.5 Å². The molecule has 28 heavy (non-hydrogen) atoms. The van der Waals surface area contributed by atoms with Crippen molar-refractivity contribution in [1.29, 1.82) is 0 Å². The number of sulfonamides is 1. The minimum Gasteiger partial charge on any atom is -0.371 e. The summed E-state index contributed by atoms with van der Waals surface area (Å²) in [5.41, 5.74) is 2.42. The second kappa shape index (κ2) is 8.77. The summed E-state index contributed by atoms with van der Waals surface area (Å²) in [4.78, 5) is 12.2. The van der Waals surface area contributed by atoms with Crippen LogP contribution in [0.2, 0.25) is 10.0 Å². The topological polar surface area (TPSA) is 95.9 Å². The van der Waals surface area contributed by atoms with Crippen LogP contribution in [0.4, 0.5) is 0 Å². The Bertz CT molecular complexity index is 956. The molecule has 1 amide bonds. The Kier molecular flexibility index (Phi) is 6.59. The van der Waals surface area contributed by atoms with Crippen LogP contribution in [0.5, 0.6) is 0 Å². The summed E-state index contributed by atoms with van der Waals surface area (Å²) in [5, 5.41) is 9.42. The van der Waals surface area contributed by atoms with Gasteiger partial charge < -0.3 is 4.74 Å². The molecule has 2 aromatic rings. The lowest BCUT2D eigenvalue weighted by Gasteiger charge is -2.26. The fraction of sp³-hybridized carbons (Fsp3) is 0.278. The maximum absolute atomic E-state index is 13.1. The van der Waals surface area contributed by atoms with Crippen molar-refractivity contribution in [3.05, 3.63) is 64.1 Å². The minimum absolute atomic E-state index is 0.0557. The van der Waals surface area contributed by atoms with E-state index in [4.69, 9.17) is 33.1 Å². The summed E-state index contributed by atoms with van der Waals surface area (Å²) in [6.07, 6.45) is -0.421. The van der Waals surface area contributed by atoms with Crippen molar-refractivity contribution in [2.24, 2.45) is 0 Å². The van der Waals surface area contributed by atoms with E-state index >= 15 is 0 Å². The van der Waals surface area contributed by atoms with Crippen LogP contribution in [-0.4, -0.2) is 42.5 Å². The lowest BCUT2D eigenvalue weighted by atomic mass is 10.1. The van der Waals surface area contributed by atoms with Gasteiger partial charge in [0.25, 0.3) is 5.91 Å². The Morgan fingerprint density at radius 3 is 2.54 bits per heavy atom. The quantitative estimate of drug-likeness (QED) is 0.527. The van der Waals surface area contributed by atoms with Gasteiger partial charge in [-0.05, 0) is 30.2 Å². The number of nitrogens with zero attached hydrogens (tertiary/aromatic N) is 1. The van der Waals surface area contributed by atoms with Gasteiger partial charge >= 0.3 is 0 Å². The molecule has 10 heteroatoms. The molecule has 150 valence electrons. The number of hydroxylamine groups is 1. The van der Waals surface area contributed by atoms with Gasteiger partial charge in [-0.3, -0.25) is 10.0 Å². The Morgan fingerprint density at radius 2 is 1.89 bits per heavy atom. The molecule has 1 aliphatic rings. The number of benzene rings is 2. The van der Waals surface area contributed by atoms with Gasteiger partial charge in [-0.25, -0.2) is 13.9 Å². The van der Waals surface area contributed by atoms with Crippen LogP contribution in [-0.2, 0) is 26.2 Å². The van der Waals surface area contributed by atoms with Crippen LogP contribution >= 0.6 is 23.2 Å². The van der Waals surface area contributed by atoms with Gasteiger partial charge in [0.1, 0.15) is 6.04 Å². The fourth-order valence-corrected chi connectivity index (χ4v) is 5.11. The highest BCUT2D eigenvalue weighted by Crippen LogP contribution is 2.32. The highest BCUT2D eigenvalue weighted by atomic mass is 35.5. The van der Waals surface area contributed by atoms with E-state index in [1.807, 2.05) is 30.3 Å². The van der Waals surface area contributed by atoms with Crippen LogP contribution in [0.3, 0.4) is 0 Å². The van der Waals surface area contributed by atoms with Crippen molar-refractivity contribution in [1.82, 2.24) is 9.79 Å². The molecule has 0 unspecified atom stereocenters. The SMILES string of the molecule is O=C(NO)[C@H]1[C@@H](OCc2ccccc2)CCN1S(=O)(=O)c1ccc(Cl)c(Cl)c1. The van der Waals surface area contributed by atoms with E-state index in [0.717, 1.165) is 9.87 Å².